The minimum absolute atomic E-state index is 0.0620. The quantitative estimate of drug-likeness (QED) is 0.156. The van der Waals surface area contributed by atoms with Crippen LogP contribution in [-0.2, 0) is 6.42 Å². The zero-order valence-electron chi connectivity index (χ0n) is 45.6. The Morgan fingerprint density at radius 1 is 0.341 bits per heavy atom. The molecule has 0 saturated heterocycles. The van der Waals surface area contributed by atoms with Crippen LogP contribution in [0.2, 0.25) is 0 Å². The van der Waals surface area contributed by atoms with Crippen molar-refractivity contribution in [2.45, 2.75) is 27.2 Å². The molecular weight excluding hydrogens is 994 g/mol. The molecule has 0 fully saturated rings. The largest absolute Gasteiger partial charge is 0.375 e. The summed E-state index contributed by atoms with van der Waals surface area (Å²) in [6.07, 6.45) is 8.69. The summed E-state index contributed by atoms with van der Waals surface area (Å²) in [6, 6.07) is 80.2. The third kappa shape index (κ3) is 6.16. The molecule has 0 N–H and O–H groups in total. The van der Waals surface area contributed by atoms with Crippen molar-refractivity contribution in [3.63, 3.8) is 0 Å². The monoisotopic (exact) mass is 1040 g/mol. The predicted octanol–water partition coefficient (Wildman–Crippen LogP) is 14.7. The van der Waals surface area contributed by atoms with Crippen molar-refractivity contribution in [3.8, 4) is 33.6 Å². The Morgan fingerprint density at radius 2 is 0.793 bits per heavy atom. The highest BCUT2D eigenvalue weighted by atomic mass is 15.0. The van der Waals surface area contributed by atoms with E-state index >= 15 is 0 Å². The average Bonchev–Trinajstić information content (AvgIpc) is 1.83. The molecule has 0 saturated carbocycles. The van der Waals surface area contributed by atoms with Crippen molar-refractivity contribution in [1.29, 1.82) is 0 Å². The van der Waals surface area contributed by atoms with Gasteiger partial charge in [-0.05, 0) is 131 Å². The number of hydrogen-bond acceptors (Lipinski definition) is 2. The SMILES string of the molecule is Cc1cc(C)c2c(c1)c1cc(Cc3cc(-c4ccccc4)c4c(c3)c3cccc(-c5ccccc5)c3n4B3c4ccccc4-n4c5ccncc5c5cccc3c54)cc(C)c1n2B1c2ccccc2-n2c3ccncc3c3cccc1c32. The molecule has 6 aromatic heterocycles. The summed E-state index contributed by atoms with van der Waals surface area (Å²) >= 11 is 0. The molecule has 0 aliphatic carbocycles. The van der Waals surface area contributed by atoms with E-state index in [0.717, 1.165) is 6.42 Å². The standard InChI is InChI=1S/C74H50B2N6/c1-44-35-45(2)69-56(36-44)58-40-47(37-46(3)70(58)81(69)75-61-25-10-12-29-67(61)79-65-31-33-77-42-59(65)53-23-15-27-63(75)73(53)79)38-48-39-55(50-19-8-5-9-20-50)72-57(41-48)52-22-14-21-51(49-17-6-4-7-18-49)71(52)82(72)76-62-26-11-13-30-68(62)80-66-32-34-78-43-60(66)54-24-16-28-64(76)74(54)80/h4-37,39-43H,38H2,1-3H3. The molecule has 6 nitrogen and oxygen atoms in total. The fourth-order valence-corrected chi connectivity index (χ4v) is 15.5. The van der Waals surface area contributed by atoms with Crippen LogP contribution in [-0.4, -0.2) is 41.8 Å². The van der Waals surface area contributed by atoms with Crippen molar-refractivity contribution >= 4 is 123 Å². The van der Waals surface area contributed by atoms with Gasteiger partial charge < -0.3 is 18.1 Å². The van der Waals surface area contributed by atoms with Crippen molar-refractivity contribution < 1.29 is 0 Å². The van der Waals surface area contributed by atoms with Crippen LogP contribution in [0.4, 0.5) is 0 Å². The first kappa shape index (κ1) is 45.7. The second-order valence-electron chi connectivity index (χ2n) is 23.0. The summed E-state index contributed by atoms with van der Waals surface area (Å²) < 4.78 is 10.4. The second kappa shape index (κ2) is 16.9. The van der Waals surface area contributed by atoms with Gasteiger partial charge in [0, 0.05) is 112 Å². The Labute approximate surface area is 474 Å². The van der Waals surface area contributed by atoms with Crippen LogP contribution in [0, 0.1) is 20.8 Å². The van der Waals surface area contributed by atoms with Gasteiger partial charge in [-0.2, -0.15) is 0 Å². The molecule has 16 aromatic rings. The molecule has 0 atom stereocenters. The van der Waals surface area contributed by atoms with Gasteiger partial charge in [0.15, 0.2) is 0 Å². The van der Waals surface area contributed by atoms with Crippen LogP contribution in [0.25, 0.3) is 121 Å². The maximum absolute atomic E-state index is 4.66. The summed E-state index contributed by atoms with van der Waals surface area (Å²) in [5, 5.41) is 9.89. The van der Waals surface area contributed by atoms with Crippen molar-refractivity contribution in [1.82, 2.24) is 28.1 Å². The van der Waals surface area contributed by atoms with Gasteiger partial charge in [0.1, 0.15) is 0 Å². The molecular formula is C74H50B2N6. The Hall–Kier alpha value is -10.2. The molecule has 8 heterocycles. The van der Waals surface area contributed by atoms with Crippen molar-refractivity contribution in [3.05, 3.63) is 265 Å². The molecule has 0 bridgehead atoms. The predicted molar refractivity (Wildman–Crippen MR) is 345 cm³/mol. The first-order valence-corrected chi connectivity index (χ1v) is 28.6. The van der Waals surface area contributed by atoms with Gasteiger partial charge in [-0.15, -0.1) is 0 Å². The molecule has 0 unspecified atom stereocenters. The zero-order valence-corrected chi connectivity index (χ0v) is 45.6. The Kier molecular flexibility index (Phi) is 9.43. The summed E-state index contributed by atoms with van der Waals surface area (Å²) in [4.78, 5) is 9.29. The lowest BCUT2D eigenvalue weighted by Crippen LogP contribution is -2.53. The summed E-state index contributed by atoms with van der Waals surface area (Å²) in [7, 11) is 0. The highest BCUT2D eigenvalue weighted by Crippen LogP contribution is 2.45. The third-order valence-corrected chi connectivity index (χ3v) is 18.4. The summed E-state index contributed by atoms with van der Waals surface area (Å²) in [6.45, 7) is 6.69. The van der Waals surface area contributed by atoms with E-state index in [4.69, 9.17) is 0 Å². The Morgan fingerprint density at radius 3 is 1.39 bits per heavy atom. The first-order valence-electron chi connectivity index (χ1n) is 28.6. The minimum Gasteiger partial charge on any atom is -0.375 e. The minimum atomic E-state index is -0.152. The van der Waals surface area contributed by atoms with Crippen molar-refractivity contribution in [2.75, 3.05) is 0 Å². The number of pyridine rings is 2. The molecule has 10 aromatic carbocycles. The van der Waals surface area contributed by atoms with Gasteiger partial charge in [0.05, 0.1) is 22.1 Å². The number of aromatic nitrogens is 6. The maximum atomic E-state index is 4.66. The lowest BCUT2D eigenvalue weighted by molar-refractivity contribution is 1.17. The first-order chi connectivity index (χ1) is 40.5. The molecule has 0 radical (unpaired) electrons. The number of benzene rings is 10. The number of nitrogens with zero attached hydrogens (tertiary/aromatic N) is 6. The van der Waals surface area contributed by atoms with Gasteiger partial charge in [0.25, 0.3) is 0 Å². The van der Waals surface area contributed by atoms with Gasteiger partial charge in [0.2, 0.25) is 0 Å². The van der Waals surface area contributed by atoms with E-state index in [1.54, 1.807) is 0 Å². The molecule has 82 heavy (non-hydrogen) atoms. The normalized spacial score (nSPS) is 12.8. The topological polar surface area (TPSA) is 45.5 Å². The van der Waals surface area contributed by atoms with Crippen LogP contribution in [0.15, 0.2) is 237 Å². The van der Waals surface area contributed by atoms with E-state index in [1.807, 2.05) is 24.8 Å². The molecule has 8 heteroatoms. The van der Waals surface area contributed by atoms with Gasteiger partial charge in [-0.3, -0.25) is 9.97 Å². The number of para-hydroxylation sites is 5. The van der Waals surface area contributed by atoms with Crippen LogP contribution in [0.5, 0.6) is 0 Å². The number of aryl methyl sites for hydroxylation is 3. The molecule has 2 aliphatic rings. The third-order valence-electron chi connectivity index (χ3n) is 18.4. The number of fused-ring (bicyclic) bond motifs is 16. The maximum Gasteiger partial charge on any atom is 0.332 e. The Bertz CT molecular complexity index is 5430. The van der Waals surface area contributed by atoms with Crippen LogP contribution >= 0.6 is 0 Å². The highest BCUT2D eigenvalue weighted by Gasteiger charge is 2.39. The van der Waals surface area contributed by atoms with E-state index in [9.17, 15) is 0 Å². The fraction of sp³-hybridized carbons (Fsp3) is 0.0541. The molecule has 2 aliphatic heterocycles. The van der Waals surface area contributed by atoms with E-state index < -0.39 is 0 Å². The second-order valence-corrected chi connectivity index (χ2v) is 23.0. The molecule has 0 spiro atoms. The van der Waals surface area contributed by atoms with E-state index in [-0.39, 0.29) is 13.7 Å². The lowest BCUT2D eigenvalue weighted by atomic mass is 9.48. The van der Waals surface area contributed by atoms with Crippen LogP contribution in [0.3, 0.4) is 0 Å². The number of hydrogen-bond donors (Lipinski definition) is 0. The van der Waals surface area contributed by atoms with Gasteiger partial charge in [-0.25, -0.2) is 0 Å². The smallest absolute Gasteiger partial charge is 0.332 e. The van der Waals surface area contributed by atoms with Crippen molar-refractivity contribution in [2.24, 2.45) is 0 Å². The zero-order chi connectivity index (χ0) is 54.1. The molecule has 382 valence electrons. The van der Waals surface area contributed by atoms with Gasteiger partial charge in [-0.1, -0.05) is 169 Å². The highest BCUT2D eigenvalue weighted by molar-refractivity contribution is 6.89. The lowest BCUT2D eigenvalue weighted by Gasteiger charge is -2.29. The summed E-state index contributed by atoms with van der Waals surface area (Å²) in [5.74, 6) is 0. The number of rotatable bonds is 6. The van der Waals surface area contributed by atoms with Gasteiger partial charge >= 0.3 is 13.7 Å². The Balaban J connectivity index is 0.890. The van der Waals surface area contributed by atoms with E-state index in [2.05, 4.69) is 261 Å². The van der Waals surface area contributed by atoms with E-state index in [0.29, 0.717) is 0 Å². The fourth-order valence-electron chi connectivity index (χ4n) is 15.5. The van der Waals surface area contributed by atoms with Crippen LogP contribution < -0.4 is 21.9 Å². The average molecular weight is 1040 g/mol. The molecule has 18 rings (SSSR count). The van der Waals surface area contributed by atoms with Crippen LogP contribution in [0.1, 0.15) is 27.8 Å². The van der Waals surface area contributed by atoms with E-state index in [1.165, 1.54) is 171 Å². The molecule has 0 amide bonds. The summed E-state index contributed by atoms with van der Waals surface area (Å²) in [5.41, 5.74) is 28.7.